The molecule has 0 radical (unpaired) electrons. The van der Waals surface area contributed by atoms with E-state index in [0.717, 1.165) is 5.56 Å². The molecule has 0 saturated heterocycles. The van der Waals surface area contributed by atoms with Crippen LogP contribution >= 0.6 is 23.8 Å². The molecule has 0 unspecified atom stereocenters. The van der Waals surface area contributed by atoms with Crippen molar-refractivity contribution in [3.8, 4) is 0 Å². The van der Waals surface area contributed by atoms with Crippen LogP contribution in [-0.2, 0) is 11.3 Å². The number of aryl methyl sites for hydroxylation is 2. The Bertz CT molecular complexity index is 687. The van der Waals surface area contributed by atoms with E-state index in [0.29, 0.717) is 17.3 Å². The number of rotatable bonds is 4. The molecule has 0 saturated carbocycles. The lowest BCUT2D eigenvalue weighted by Gasteiger charge is -2.23. The number of anilines is 1. The van der Waals surface area contributed by atoms with E-state index in [-0.39, 0.29) is 17.4 Å². The van der Waals surface area contributed by atoms with Crippen LogP contribution < -0.4 is 16.2 Å². The van der Waals surface area contributed by atoms with Gasteiger partial charge in [0, 0.05) is 24.2 Å². The topological polar surface area (TPSA) is 76.2 Å². The van der Waals surface area contributed by atoms with E-state index in [9.17, 15) is 4.79 Å². The van der Waals surface area contributed by atoms with Crippen molar-refractivity contribution >= 4 is 40.5 Å². The molecule has 0 atom stereocenters. The van der Waals surface area contributed by atoms with Gasteiger partial charge in [0.1, 0.15) is 0 Å². The molecule has 1 amide bonds. The highest BCUT2D eigenvalue weighted by Crippen LogP contribution is 2.18. The number of hydrogen-bond acceptors (Lipinski definition) is 3. The number of thiocarbonyl (C=S) groups is 1. The van der Waals surface area contributed by atoms with E-state index in [2.05, 4.69) is 10.5 Å². The second-order valence-corrected chi connectivity index (χ2v) is 5.57. The standard InChI is InChI=1S/C14H16ClN5OS/c1-10-8-17-19(9-10)6-5-13(21)18-20(14(16)22)12-4-2-3-11(15)7-12/h2-4,7-9H,5-6H2,1H3,(H2,16,22)(H,18,21). The molecular formula is C14H16ClN5OS. The van der Waals surface area contributed by atoms with Crippen LogP contribution in [-0.4, -0.2) is 20.8 Å². The summed E-state index contributed by atoms with van der Waals surface area (Å²) >= 11 is 10.9. The molecular weight excluding hydrogens is 322 g/mol. The van der Waals surface area contributed by atoms with Crippen LogP contribution in [0.5, 0.6) is 0 Å². The molecule has 22 heavy (non-hydrogen) atoms. The van der Waals surface area contributed by atoms with E-state index in [1.807, 2.05) is 13.1 Å². The first kappa shape index (κ1) is 16.3. The molecule has 116 valence electrons. The molecule has 1 aromatic carbocycles. The summed E-state index contributed by atoms with van der Waals surface area (Å²) in [5.41, 5.74) is 9.97. The average Bonchev–Trinajstić information content (AvgIpc) is 2.88. The third-order valence-electron chi connectivity index (χ3n) is 2.85. The fourth-order valence-corrected chi connectivity index (χ4v) is 2.18. The largest absolute Gasteiger partial charge is 0.374 e. The summed E-state index contributed by atoms with van der Waals surface area (Å²) in [7, 11) is 0. The molecule has 1 heterocycles. The van der Waals surface area contributed by atoms with Gasteiger partial charge in [-0.3, -0.25) is 14.9 Å². The molecule has 6 nitrogen and oxygen atoms in total. The van der Waals surface area contributed by atoms with Gasteiger partial charge >= 0.3 is 0 Å². The maximum Gasteiger partial charge on any atom is 0.240 e. The van der Waals surface area contributed by atoms with E-state index in [4.69, 9.17) is 29.6 Å². The van der Waals surface area contributed by atoms with Gasteiger partial charge in [0.25, 0.3) is 0 Å². The predicted octanol–water partition coefficient (Wildman–Crippen LogP) is 2.02. The van der Waals surface area contributed by atoms with Crippen molar-refractivity contribution in [3.05, 3.63) is 47.2 Å². The van der Waals surface area contributed by atoms with Crippen LogP contribution in [0.3, 0.4) is 0 Å². The van der Waals surface area contributed by atoms with Gasteiger partial charge in [0.2, 0.25) is 5.91 Å². The number of hydrogen-bond donors (Lipinski definition) is 2. The van der Waals surface area contributed by atoms with Crippen LogP contribution in [0.2, 0.25) is 5.02 Å². The number of nitrogens with two attached hydrogens (primary N) is 1. The second kappa shape index (κ2) is 7.24. The summed E-state index contributed by atoms with van der Waals surface area (Å²) in [6.07, 6.45) is 3.86. The van der Waals surface area contributed by atoms with Gasteiger partial charge in [-0.15, -0.1) is 0 Å². The summed E-state index contributed by atoms with van der Waals surface area (Å²) in [5.74, 6) is -0.221. The highest BCUT2D eigenvalue weighted by molar-refractivity contribution is 7.80. The fourth-order valence-electron chi connectivity index (χ4n) is 1.85. The smallest absolute Gasteiger partial charge is 0.240 e. The van der Waals surface area contributed by atoms with Crippen LogP contribution in [0.15, 0.2) is 36.7 Å². The van der Waals surface area contributed by atoms with Gasteiger partial charge in [0.15, 0.2) is 5.11 Å². The average molecular weight is 338 g/mol. The maximum absolute atomic E-state index is 12.1. The van der Waals surface area contributed by atoms with Crippen molar-refractivity contribution in [2.24, 2.45) is 5.73 Å². The zero-order valence-corrected chi connectivity index (χ0v) is 13.6. The fraction of sp³-hybridized carbons (Fsp3) is 0.214. The third-order valence-corrected chi connectivity index (χ3v) is 3.27. The Labute approximate surface area is 138 Å². The Hall–Kier alpha value is -2.12. The molecule has 0 aliphatic carbocycles. The van der Waals surface area contributed by atoms with Gasteiger partial charge in [0.05, 0.1) is 11.9 Å². The van der Waals surface area contributed by atoms with Crippen LogP contribution in [0.4, 0.5) is 5.69 Å². The Balaban J connectivity index is 1.98. The number of hydrazine groups is 1. The number of nitrogens with zero attached hydrogens (tertiary/aromatic N) is 3. The Morgan fingerprint density at radius 2 is 2.32 bits per heavy atom. The van der Waals surface area contributed by atoms with Gasteiger partial charge in [-0.05, 0) is 42.9 Å². The van der Waals surface area contributed by atoms with Crippen molar-refractivity contribution in [2.75, 3.05) is 5.01 Å². The van der Waals surface area contributed by atoms with Crippen LogP contribution in [0, 0.1) is 6.92 Å². The van der Waals surface area contributed by atoms with E-state index in [1.165, 1.54) is 5.01 Å². The van der Waals surface area contributed by atoms with Gasteiger partial charge in [-0.25, -0.2) is 5.01 Å². The SMILES string of the molecule is Cc1cnn(CCC(=O)NN(C(N)=S)c2cccc(Cl)c2)c1. The molecule has 0 fully saturated rings. The normalized spacial score (nSPS) is 10.3. The summed E-state index contributed by atoms with van der Waals surface area (Å²) < 4.78 is 1.71. The minimum atomic E-state index is -0.221. The lowest BCUT2D eigenvalue weighted by atomic mass is 10.3. The van der Waals surface area contributed by atoms with Crippen LogP contribution in [0.25, 0.3) is 0 Å². The first-order chi connectivity index (χ1) is 10.5. The number of carbonyl (C=O) groups excluding carboxylic acids is 1. The summed E-state index contributed by atoms with van der Waals surface area (Å²) in [6, 6.07) is 6.90. The Morgan fingerprint density at radius 1 is 1.55 bits per heavy atom. The predicted molar refractivity (Wildman–Crippen MR) is 90.4 cm³/mol. The van der Waals surface area contributed by atoms with Crippen molar-refractivity contribution < 1.29 is 4.79 Å². The number of halogens is 1. The summed E-state index contributed by atoms with van der Waals surface area (Å²) in [4.78, 5) is 12.1. The summed E-state index contributed by atoms with van der Waals surface area (Å²) in [5, 5.41) is 6.02. The van der Waals surface area contributed by atoms with Crippen LogP contribution in [0.1, 0.15) is 12.0 Å². The molecule has 2 aromatic rings. The van der Waals surface area contributed by atoms with Gasteiger partial charge < -0.3 is 5.73 Å². The first-order valence-electron chi connectivity index (χ1n) is 6.59. The first-order valence-corrected chi connectivity index (χ1v) is 7.38. The van der Waals surface area contributed by atoms with E-state index >= 15 is 0 Å². The molecule has 2 rings (SSSR count). The lowest BCUT2D eigenvalue weighted by molar-refractivity contribution is -0.121. The minimum absolute atomic E-state index is 0.0329. The summed E-state index contributed by atoms with van der Waals surface area (Å²) in [6.45, 7) is 2.41. The van der Waals surface area contributed by atoms with Crippen molar-refractivity contribution in [3.63, 3.8) is 0 Å². The number of nitrogens with one attached hydrogen (secondary N) is 1. The van der Waals surface area contributed by atoms with Gasteiger partial charge in [-0.1, -0.05) is 17.7 Å². The molecule has 0 aliphatic heterocycles. The molecule has 1 aromatic heterocycles. The lowest BCUT2D eigenvalue weighted by Crippen LogP contribution is -2.49. The maximum atomic E-state index is 12.1. The zero-order chi connectivity index (χ0) is 16.1. The minimum Gasteiger partial charge on any atom is -0.374 e. The quantitative estimate of drug-likeness (QED) is 0.659. The monoisotopic (exact) mass is 337 g/mol. The third kappa shape index (κ3) is 4.44. The highest BCUT2D eigenvalue weighted by Gasteiger charge is 2.13. The molecule has 0 bridgehead atoms. The van der Waals surface area contributed by atoms with Gasteiger partial charge in [-0.2, -0.15) is 5.10 Å². The second-order valence-electron chi connectivity index (χ2n) is 4.72. The molecule has 8 heteroatoms. The number of benzene rings is 1. The Kier molecular flexibility index (Phi) is 5.35. The highest BCUT2D eigenvalue weighted by atomic mass is 35.5. The zero-order valence-electron chi connectivity index (χ0n) is 12.0. The van der Waals surface area contributed by atoms with E-state index in [1.54, 1.807) is 35.1 Å². The van der Waals surface area contributed by atoms with Crippen molar-refractivity contribution in [1.29, 1.82) is 0 Å². The number of carbonyl (C=O) groups is 1. The molecule has 0 aliphatic rings. The number of amides is 1. The molecule has 0 spiro atoms. The van der Waals surface area contributed by atoms with Crippen molar-refractivity contribution in [2.45, 2.75) is 19.9 Å². The number of aromatic nitrogens is 2. The molecule has 3 N–H and O–H groups in total. The van der Waals surface area contributed by atoms with Crippen molar-refractivity contribution in [1.82, 2.24) is 15.2 Å². The Morgan fingerprint density at radius 3 is 2.91 bits per heavy atom. The van der Waals surface area contributed by atoms with E-state index < -0.39 is 0 Å².